The first-order valence-corrected chi connectivity index (χ1v) is 4.85. The van der Waals surface area contributed by atoms with Crippen LogP contribution >= 0.6 is 0 Å². The van der Waals surface area contributed by atoms with E-state index in [9.17, 15) is 0 Å². The quantitative estimate of drug-likeness (QED) is 0.603. The first kappa shape index (κ1) is 7.25. The molecule has 0 unspecified atom stereocenters. The normalized spacial score (nSPS) is 18.5. The average Bonchev–Trinajstić information content (AvgIpc) is 2.61. The maximum atomic E-state index is 5.34. The molecule has 0 bridgehead atoms. The zero-order valence-electron chi connectivity index (χ0n) is 7.51. The molecule has 0 amide bonds. The Morgan fingerprint density at radius 2 is 1.38 bits per heavy atom. The Morgan fingerprint density at radius 3 is 1.92 bits per heavy atom. The van der Waals surface area contributed by atoms with E-state index in [4.69, 9.17) is 9.47 Å². The summed E-state index contributed by atoms with van der Waals surface area (Å²) < 4.78 is 10.7. The number of rotatable bonds is 0. The lowest BCUT2D eigenvalue weighted by Gasteiger charge is -2.15. The lowest BCUT2D eigenvalue weighted by atomic mass is 9.91. The van der Waals surface area contributed by atoms with Crippen molar-refractivity contribution in [3.63, 3.8) is 0 Å². The van der Waals surface area contributed by atoms with Gasteiger partial charge in [0.25, 0.3) is 0 Å². The summed E-state index contributed by atoms with van der Waals surface area (Å²) in [5, 5.41) is 0. The molecule has 0 saturated heterocycles. The molecule has 1 heterocycles. The Balaban J connectivity index is 2.11. The largest absolute Gasteiger partial charge is 0.454 e. The number of ether oxygens (including phenoxy) is 2. The van der Waals surface area contributed by atoms with E-state index in [0.717, 1.165) is 11.5 Å². The second-order valence-electron chi connectivity index (χ2n) is 3.68. The second kappa shape index (κ2) is 2.66. The summed E-state index contributed by atoms with van der Waals surface area (Å²) in [5.74, 6) is 1.86. The van der Waals surface area contributed by atoms with Gasteiger partial charge in [-0.3, -0.25) is 0 Å². The SMILES string of the molecule is c1c2c(cc3c1OCO3)CCCC2. The summed E-state index contributed by atoms with van der Waals surface area (Å²) in [6.45, 7) is 0.387. The zero-order valence-corrected chi connectivity index (χ0v) is 7.51. The van der Waals surface area contributed by atoms with Gasteiger partial charge in [0.15, 0.2) is 11.5 Å². The molecule has 0 saturated carbocycles. The molecule has 1 aliphatic heterocycles. The van der Waals surface area contributed by atoms with Gasteiger partial charge < -0.3 is 9.47 Å². The lowest BCUT2D eigenvalue weighted by molar-refractivity contribution is 0.174. The van der Waals surface area contributed by atoms with Crippen molar-refractivity contribution in [3.8, 4) is 11.5 Å². The maximum absolute atomic E-state index is 5.34. The highest BCUT2D eigenvalue weighted by atomic mass is 16.7. The van der Waals surface area contributed by atoms with Crippen LogP contribution in [0.25, 0.3) is 0 Å². The van der Waals surface area contributed by atoms with Gasteiger partial charge >= 0.3 is 0 Å². The van der Waals surface area contributed by atoms with Gasteiger partial charge in [-0.1, -0.05) is 0 Å². The Bertz CT molecular complexity index is 311. The molecule has 2 aliphatic rings. The minimum absolute atomic E-state index is 0.387. The molecule has 0 N–H and O–H groups in total. The van der Waals surface area contributed by atoms with E-state index in [1.165, 1.54) is 36.8 Å². The van der Waals surface area contributed by atoms with E-state index in [-0.39, 0.29) is 0 Å². The highest BCUT2D eigenvalue weighted by Crippen LogP contribution is 2.37. The van der Waals surface area contributed by atoms with Crippen molar-refractivity contribution in [3.05, 3.63) is 23.3 Å². The van der Waals surface area contributed by atoms with Gasteiger partial charge in [-0.2, -0.15) is 0 Å². The molecule has 1 aliphatic carbocycles. The summed E-state index contributed by atoms with van der Waals surface area (Å²) in [4.78, 5) is 0. The van der Waals surface area contributed by atoms with Crippen LogP contribution in [0.3, 0.4) is 0 Å². The molecule has 13 heavy (non-hydrogen) atoms. The van der Waals surface area contributed by atoms with Gasteiger partial charge in [0.05, 0.1) is 0 Å². The number of hydrogen-bond acceptors (Lipinski definition) is 2. The topological polar surface area (TPSA) is 18.5 Å². The van der Waals surface area contributed by atoms with Crippen molar-refractivity contribution < 1.29 is 9.47 Å². The smallest absolute Gasteiger partial charge is 0.231 e. The number of benzene rings is 1. The first-order valence-electron chi connectivity index (χ1n) is 4.85. The third-order valence-electron chi connectivity index (χ3n) is 2.84. The Hall–Kier alpha value is -1.18. The van der Waals surface area contributed by atoms with Crippen molar-refractivity contribution in [1.82, 2.24) is 0 Å². The van der Waals surface area contributed by atoms with Crippen molar-refractivity contribution >= 4 is 0 Å². The van der Waals surface area contributed by atoms with Gasteiger partial charge in [-0.15, -0.1) is 0 Å². The third kappa shape index (κ3) is 1.09. The van der Waals surface area contributed by atoms with E-state index in [0.29, 0.717) is 6.79 Å². The highest BCUT2D eigenvalue weighted by Gasteiger charge is 2.18. The minimum atomic E-state index is 0.387. The van der Waals surface area contributed by atoms with E-state index in [1.54, 1.807) is 0 Å². The van der Waals surface area contributed by atoms with Crippen LogP contribution in [0.5, 0.6) is 11.5 Å². The number of hydrogen-bond donors (Lipinski definition) is 0. The molecule has 1 aromatic carbocycles. The fourth-order valence-electron chi connectivity index (χ4n) is 2.12. The Morgan fingerprint density at radius 1 is 0.846 bits per heavy atom. The van der Waals surface area contributed by atoms with Crippen molar-refractivity contribution in [2.24, 2.45) is 0 Å². The fraction of sp³-hybridized carbons (Fsp3) is 0.455. The van der Waals surface area contributed by atoms with Crippen molar-refractivity contribution in [1.29, 1.82) is 0 Å². The molecule has 0 spiro atoms. The van der Waals surface area contributed by atoms with Crippen molar-refractivity contribution in [2.75, 3.05) is 6.79 Å². The second-order valence-corrected chi connectivity index (χ2v) is 3.68. The fourth-order valence-corrected chi connectivity index (χ4v) is 2.12. The predicted molar refractivity (Wildman–Crippen MR) is 49.2 cm³/mol. The maximum Gasteiger partial charge on any atom is 0.231 e. The van der Waals surface area contributed by atoms with Crippen LogP contribution < -0.4 is 9.47 Å². The van der Waals surface area contributed by atoms with Crippen LogP contribution in [0.2, 0.25) is 0 Å². The molecule has 2 nitrogen and oxygen atoms in total. The van der Waals surface area contributed by atoms with Crippen LogP contribution in [-0.4, -0.2) is 6.79 Å². The van der Waals surface area contributed by atoms with E-state index < -0.39 is 0 Å². The lowest BCUT2D eigenvalue weighted by Crippen LogP contribution is -2.01. The molecule has 0 radical (unpaired) electrons. The van der Waals surface area contributed by atoms with Gasteiger partial charge in [-0.05, 0) is 48.9 Å². The monoisotopic (exact) mass is 176 g/mol. The molecule has 0 aromatic heterocycles. The van der Waals surface area contributed by atoms with Gasteiger partial charge in [0.2, 0.25) is 6.79 Å². The minimum Gasteiger partial charge on any atom is -0.454 e. The van der Waals surface area contributed by atoms with Crippen LogP contribution in [0.15, 0.2) is 12.1 Å². The van der Waals surface area contributed by atoms with Gasteiger partial charge in [0, 0.05) is 0 Å². The van der Waals surface area contributed by atoms with Gasteiger partial charge in [-0.25, -0.2) is 0 Å². The van der Waals surface area contributed by atoms with Crippen LogP contribution in [0, 0.1) is 0 Å². The van der Waals surface area contributed by atoms with E-state index in [1.807, 2.05) is 0 Å². The summed E-state index contributed by atoms with van der Waals surface area (Å²) >= 11 is 0. The standard InChI is InChI=1S/C11H12O2/c1-2-4-9-6-11-10(12-7-13-11)5-8(9)3-1/h5-6H,1-4,7H2. The first-order chi connectivity index (χ1) is 6.43. The average molecular weight is 176 g/mol. The van der Waals surface area contributed by atoms with Crippen molar-refractivity contribution in [2.45, 2.75) is 25.7 Å². The summed E-state index contributed by atoms with van der Waals surface area (Å²) in [6.07, 6.45) is 5.03. The van der Waals surface area contributed by atoms with E-state index >= 15 is 0 Å². The third-order valence-corrected chi connectivity index (χ3v) is 2.84. The number of fused-ring (bicyclic) bond motifs is 2. The van der Waals surface area contributed by atoms with Gasteiger partial charge in [0.1, 0.15) is 0 Å². The predicted octanol–water partition coefficient (Wildman–Crippen LogP) is 2.29. The molecule has 3 rings (SSSR count). The van der Waals surface area contributed by atoms with Crippen LogP contribution in [-0.2, 0) is 12.8 Å². The molecule has 68 valence electrons. The zero-order chi connectivity index (χ0) is 8.67. The molecule has 0 atom stereocenters. The molecular formula is C11H12O2. The molecule has 2 heteroatoms. The molecular weight excluding hydrogens is 164 g/mol. The molecule has 1 aromatic rings. The highest BCUT2D eigenvalue weighted by molar-refractivity contribution is 5.49. The Kier molecular flexibility index (Phi) is 1.48. The number of aryl methyl sites for hydroxylation is 2. The summed E-state index contributed by atoms with van der Waals surface area (Å²) in [5.41, 5.74) is 2.91. The summed E-state index contributed by atoms with van der Waals surface area (Å²) in [6, 6.07) is 4.30. The Labute approximate surface area is 77.5 Å². The van der Waals surface area contributed by atoms with Crippen LogP contribution in [0.1, 0.15) is 24.0 Å². The molecule has 0 fully saturated rings. The summed E-state index contributed by atoms with van der Waals surface area (Å²) in [7, 11) is 0. The van der Waals surface area contributed by atoms with Crippen LogP contribution in [0.4, 0.5) is 0 Å². The van der Waals surface area contributed by atoms with E-state index in [2.05, 4.69) is 12.1 Å².